The zero-order chi connectivity index (χ0) is 18.6. The number of carbonyl (C=O) groups is 1. The minimum Gasteiger partial charge on any atom is -0.482 e. The molecule has 134 valence electrons. The molecule has 0 radical (unpaired) electrons. The topological polar surface area (TPSA) is 69.0 Å². The van der Waals surface area contributed by atoms with E-state index in [1.807, 2.05) is 42.5 Å². The molecule has 1 N–H and O–H groups in total. The number of anilines is 1. The number of hydrogen-bond donors (Lipinski definition) is 1. The van der Waals surface area contributed by atoms with E-state index in [1.54, 1.807) is 22.8 Å². The number of fused-ring (bicyclic) bond motifs is 1. The van der Waals surface area contributed by atoms with Crippen molar-refractivity contribution in [2.45, 2.75) is 0 Å². The normalized spacial score (nSPS) is 10.7. The summed E-state index contributed by atoms with van der Waals surface area (Å²) < 4.78 is 7.39. The van der Waals surface area contributed by atoms with Crippen molar-refractivity contribution in [1.29, 1.82) is 0 Å². The zero-order valence-corrected chi connectivity index (χ0v) is 14.9. The van der Waals surface area contributed by atoms with Crippen LogP contribution in [0, 0.1) is 0 Å². The molecule has 0 spiro atoms. The Morgan fingerprint density at radius 2 is 1.81 bits per heavy atom. The lowest BCUT2D eigenvalue weighted by Crippen LogP contribution is -2.20. The molecule has 1 amide bonds. The Morgan fingerprint density at radius 3 is 2.67 bits per heavy atom. The van der Waals surface area contributed by atoms with Crippen molar-refractivity contribution in [3.8, 4) is 11.4 Å². The maximum absolute atomic E-state index is 12.4. The first-order valence-corrected chi connectivity index (χ1v) is 8.63. The lowest BCUT2D eigenvalue weighted by atomic mass is 10.1. The van der Waals surface area contributed by atoms with Gasteiger partial charge >= 0.3 is 0 Å². The van der Waals surface area contributed by atoms with Crippen LogP contribution in [0.15, 0.2) is 73.3 Å². The van der Waals surface area contributed by atoms with Gasteiger partial charge in [0, 0.05) is 16.1 Å². The van der Waals surface area contributed by atoms with Gasteiger partial charge in [-0.25, -0.2) is 0 Å². The third kappa shape index (κ3) is 3.75. The van der Waals surface area contributed by atoms with E-state index in [9.17, 15) is 4.79 Å². The highest BCUT2D eigenvalue weighted by Gasteiger charge is 2.11. The van der Waals surface area contributed by atoms with Crippen LogP contribution in [0.5, 0.6) is 5.75 Å². The predicted molar refractivity (Wildman–Crippen MR) is 104 cm³/mol. The molecule has 6 nitrogen and oxygen atoms in total. The summed E-state index contributed by atoms with van der Waals surface area (Å²) in [5, 5.41) is 13.1. The molecule has 0 saturated heterocycles. The Kier molecular flexibility index (Phi) is 4.72. The van der Waals surface area contributed by atoms with E-state index in [1.165, 1.54) is 12.7 Å². The molecule has 4 rings (SSSR count). The van der Waals surface area contributed by atoms with Gasteiger partial charge in [0.2, 0.25) is 0 Å². The van der Waals surface area contributed by atoms with Gasteiger partial charge in [0.05, 0.1) is 5.69 Å². The molecule has 1 aromatic heterocycles. The highest BCUT2D eigenvalue weighted by atomic mass is 35.5. The number of rotatable bonds is 5. The molecular formula is C20H15ClN4O2. The molecule has 3 aromatic carbocycles. The van der Waals surface area contributed by atoms with Gasteiger partial charge in [-0.2, -0.15) is 0 Å². The maximum atomic E-state index is 12.4. The lowest BCUT2D eigenvalue weighted by molar-refractivity contribution is -0.118. The average molecular weight is 379 g/mol. The third-order valence-electron chi connectivity index (χ3n) is 4.04. The Hall–Kier alpha value is -3.38. The summed E-state index contributed by atoms with van der Waals surface area (Å²) in [4.78, 5) is 12.4. The van der Waals surface area contributed by atoms with Crippen LogP contribution in [-0.2, 0) is 4.79 Å². The number of nitrogens with zero attached hydrogens (tertiary/aromatic N) is 3. The van der Waals surface area contributed by atoms with E-state index in [2.05, 4.69) is 15.5 Å². The van der Waals surface area contributed by atoms with Crippen LogP contribution in [0.1, 0.15) is 0 Å². The number of ether oxygens (including phenoxy) is 1. The molecule has 1 heterocycles. The lowest BCUT2D eigenvalue weighted by Gasteiger charge is -2.13. The standard InChI is InChI=1S/C20H15ClN4O2/c21-15-8-9-19(18(10-15)25-12-22-23-13-25)27-11-20(26)24-17-7-3-5-14-4-1-2-6-16(14)17/h1-10,12-13H,11H2,(H,24,26). The minimum atomic E-state index is -0.254. The number of amides is 1. The Bertz CT molecular complexity index is 1090. The van der Waals surface area contributed by atoms with Gasteiger partial charge in [0.1, 0.15) is 18.4 Å². The number of aromatic nitrogens is 3. The number of nitrogens with one attached hydrogen (secondary N) is 1. The Labute approximate surface area is 160 Å². The minimum absolute atomic E-state index is 0.139. The van der Waals surface area contributed by atoms with Crippen molar-refractivity contribution in [2.75, 3.05) is 11.9 Å². The van der Waals surface area contributed by atoms with Gasteiger partial charge in [-0.1, -0.05) is 48.0 Å². The summed E-state index contributed by atoms with van der Waals surface area (Å²) in [7, 11) is 0. The number of carbonyl (C=O) groups excluding carboxylic acids is 1. The van der Waals surface area contributed by atoms with Crippen molar-refractivity contribution >= 4 is 34.0 Å². The second-order valence-corrected chi connectivity index (χ2v) is 6.28. The van der Waals surface area contributed by atoms with Gasteiger partial charge in [-0.3, -0.25) is 9.36 Å². The van der Waals surface area contributed by atoms with Crippen LogP contribution in [-0.4, -0.2) is 27.3 Å². The fraction of sp³-hybridized carbons (Fsp3) is 0.0500. The van der Waals surface area contributed by atoms with Crippen molar-refractivity contribution in [3.63, 3.8) is 0 Å². The Morgan fingerprint density at radius 1 is 1.04 bits per heavy atom. The van der Waals surface area contributed by atoms with Gasteiger partial charge in [0.25, 0.3) is 5.91 Å². The van der Waals surface area contributed by atoms with Crippen molar-refractivity contribution in [1.82, 2.24) is 14.8 Å². The van der Waals surface area contributed by atoms with Crippen LogP contribution in [0.2, 0.25) is 5.02 Å². The largest absolute Gasteiger partial charge is 0.482 e. The van der Waals surface area contributed by atoms with E-state index in [-0.39, 0.29) is 12.5 Å². The maximum Gasteiger partial charge on any atom is 0.262 e. The van der Waals surface area contributed by atoms with Crippen LogP contribution in [0.4, 0.5) is 5.69 Å². The van der Waals surface area contributed by atoms with Crippen LogP contribution in [0.25, 0.3) is 16.5 Å². The summed E-state index contributed by atoms with van der Waals surface area (Å²) >= 11 is 6.07. The van der Waals surface area contributed by atoms with E-state index in [0.29, 0.717) is 16.5 Å². The van der Waals surface area contributed by atoms with Crippen LogP contribution < -0.4 is 10.1 Å². The molecule has 27 heavy (non-hydrogen) atoms. The summed E-state index contributed by atoms with van der Waals surface area (Å²) in [6.45, 7) is -0.139. The highest BCUT2D eigenvalue weighted by molar-refractivity contribution is 6.30. The predicted octanol–water partition coefficient (Wildman–Crippen LogP) is 4.09. The fourth-order valence-corrected chi connectivity index (χ4v) is 2.97. The van der Waals surface area contributed by atoms with Gasteiger partial charge < -0.3 is 10.1 Å². The summed E-state index contributed by atoms with van der Waals surface area (Å²) in [5.74, 6) is 0.253. The van der Waals surface area contributed by atoms with E-state index >= 15 is 0 Å². The molecule has 0 aliphatic rings. The molecule has 0 aliphatic carbocycles. The van der Waals surface area contributed by atoms with Gasteiger partial charge in [-0.05, 0) is 29.7 Å². The summed E-state index contributed by atoms with van der Waals surface area (Å²) in [6, 6.07) is 18.8. The summed E-state index contributed by atoms with van der Waals surface area (Å²) in [6.07, 6.45) is 3.07. The van der Waals surface area contributed by atoms with Crippen LogP contribution >= 0.6 is 11.6 Å². The van der Waals surface area contributed by atoms with Gasteiger partial charge in [-0.15, -0.1) is 10.2 Å². The van der Waals surface area contributed by atoms with Crippen molar-refractivity contribution < 1.29 is 9.53 Å². The first-order valence-electron chi connectivity index (χ1n) is 8.26. The second-order valence-electron chi connectivity index (χ2n) is 5.84. The molecule has 0 aliphatic heterocycles. The second kappa shape index (κ2) is 7.47. The first kappa shape index (κ1) is 17.1. The van der Waals surface area contributed by atoms with E-state index in [4.69, 9.17) is 16.3 Å². The number of halogens is 1. The highest BCUT2D eigenvalue weighted by Crippen LogP contribution is 2.27. The van der Waals surface area contributed by atoms with E-state index < -0.39 is 0 Å². The molecule has 0 bridgehead atoms. The van der Waals surface area contributed by atoms with Crippen LogP contribution in [0.3, 0.4) is 0 Å². The molecule has 7 heteroatoms. The SMILES string of the molecule is O=C(COc1ccc(Cl)cc1-n1cnnc1)Nc1cccc2ccccc12. The summed E-state index contributed by atoms with van der Waals surface area (Å²) in [5.41, 5.74) is 1.40. The van der Waals surface area contributed by atoms with E-state index in [0.717, 1.165) is 16.5 Å². The molecule has 0 saturated carbocycles. The van der Waals surface area contributed by atoms with Crippen molar-refractivity contribution in [3.05, 3.63) is 78.3 Å². The Balaban J connectivity index is 1.50. The van der Waals surface area contributed by atoms with Crippen molar-refractivity contribution in [2.24, 2.45) is 0 Å². The number of benzene rings is 3. The molecule has 4 aromatic rings. The smallest absolute Gasteiger partial charge is 0.262 e. The molecule has 0 unspecified atom stereocenters. The molecule has 0 fully saturated rings. The average Bonchev–Trinajstić information content (AvgIpc) is 3.22. The van der Waals surface area contributed by atoms with Gasteiger partial charge in [0.15, 0.2) is 6.61 Å². The first-order chi connectivity index (χ1) is 13.2. The zero-order valence-electron chi connectivity index (χ0n) is 14.2. The number of hydrogen-bond acceptors (Lipinski definition) is 4. The quantitative estimate of drug-likeness (QED) is 0.568. The third-order valence-corrected chi connectivity index (χ3v) is 4.28. The molecule has 0 atom stereocenters. The fourth-order valence-electron chi connectivity index (χ4n) is 2.80. The molecular weight excluding hydrogens is 364 g/mol. The monoisotopic (exact) mass is 378 g/mol.